The molecule has 0 spiro atoms. The number of nitrogens with two attached hydrogens (primary N) is 1. The molecule has 1 aromatic heterocycles. The van der Waals surface area contributed by atoms with Crippen LogP contribution in [0, 0.1) is 13.8 Å². The lowest BCUT2D eigenvalue weighted by Gasteiger charge is -2.14. The standard InChI is InChI=1S/C13H14ClN3O2S/c1-8-3-4-9(2)13(12(8)15)20(18,19)17-10-5-6-16-11(14)7-10/h3-7H,15H2,1-2H3,(H,16,17). The normalized spacial score (nSPS) is 11.3. The molecule has 106 valence electrons. The van der Waals surface area contributed by atoms with Crippen LogP contribution in [-0.2, 0) is 10.0 Å². The average molecular weight is 312 g/mol. The monoisotopic (exact) mass is 311 g/mol. The molecule has 0 unspecified atom stereocenters. The lowest BCUT2D eigenvalue weighted by molar-refractivity contribution is 0.601. The van der Waals surface area contributed by atoms with Crippen molar-refractivity contribution in [3.8, 4) is 0 Å². The number of halogens is 1. The molecule has 0 aliphatic rings. The largest absolute Gasteiger partial charge is 0.397 e. The zero-order valence-electron chi connectivity index (χ0n) is 11.0. The molecule has 0 radical (unpaired) electrons. The number of pyridine rings is 1. The Morgan fingerprint density at radius 2 is 1.85 bits per heavy atom. The Labute approximate surface area is 122 Å². The number of hydrogen-bond donors (Lipinski definition) is 2. The number of hydrogen-bond acceptors (Lipinski definition) is 4. The number of benzene rings is 1. The van der Waals surface area contributed by atoms with Gasteiger partial charge in [0, 0.05) is 6.20 Å². The summed E-state index contributed by atoms with van der Waals surface area (Å²) in [5.41, 5.74) is 7.78. The molecule has 2 rings (SSSR count). The third kappa shape index (κ3) is 2.86. The molecule has 1 aromatic carbocycles. The van der Waals surface area contributed by atoms with Gasteiger partial charge in [-0.2, -0.15) is 0 Å². The summed E-state index contributed by atoms with van der Waals surface area (Å²) in [5, 5.41) is 0.208. The van der Waals surface area contributed by atoms with Crippen LogP contribution in [0.25, 0.3) is 0 Å². The van der Waals surface area contributed by atoms with Crippen molar-refractivity contribution in [1.82, 2.24) is 4.98 Å². The van der Waals surface area contributed by atoms with Crippen molar-refractivity contribution in [2.24, 2.45) is 0 Å². The Balaban J connectivity index is 2.49. The second-order valence-corrected chi connectivity index (χ2v) is 6.42. The predicted octanol–water partition coefficient (Wildman–Crippen LogP) is 2.73. The van der Waals surface area contributed by atoms with E-state index in [9.17, 15) is 8.42 Å². The molecular weight excluding hydrogens is 298 g/mol. The number of anilines is 2. The number of nitrogen functional groups attached to an aromatic ring is 1. The van der Waals surface area contributed by atoms with Crippen molar-refractivity contribution in [2.75, 3.05) is 10.5 Å². The van der Waals surface area contributed by atoms with E-state index < -0.39 is 10.0 Å². The number of aryl methyl sites for hydroxylation is 2. The van der Waals surface area contributed by atoms with E-state index in [2.05, 4.69) is 9.71 Å². The molecule has 0 aliphatic heterocycles. The molecule has 7 heteroatoms. The molecule has 5 nitrogen and oxygen atoms in total. The van der Waals surface area contributed by atoms with E-state index in [-0.39, 0.29) is 15.7 Å². The summed E-state index contributed by atoms with van der Waals surface area (Å²) < 4.78 is 27.4. The minimum atomic E-state index is -3.78. The first-order valence-corrected chi connectivity index (χ1v) is 7.67. The fourth-order valence-corrected chi connectivity index (χ4v) is 3.49. The molecule has 0 saturated carbocycles. The van der Waals surface area contributed by atoms with Crippen LogP contribution in [0.5, 0.6) is 0 Å². The van der Waals surface area contributed by atoms with Gasteiger partial charge >= 0.3 is 0 Å². The molecule has 0 fully saturated rings. The fraction of sp³-hybridized carbons (Fsp3) is 0.154. The van der Waals surface area contributed by atoms with Gasteiger partial charge in [0.1, 0.15) is 10.0 Å². The molecule has 0 aliphatic carbocycles. The lowest BCUT2D eigenvalue weighted by atomic mass is 10.1. The minimum Gasteiger partial charge on any atom is -0.397 e. The topological polar surface area (TPSA) is 85.1 Å². The summed E-state index contributed by atoms with van der Waals surface area (Å²) in [7, 11) is -3.78. The summed E-state index contributed by atoms with van der Waals surface area (Å²) in [4.78, 5) is 3.89. The van der Waals surface area contributed by atoms with Gasteiger partial charge in [-0.05, 0) is 37.1 Å². The maximum atomic E-state index is 12.5. The second kappa shape index (κ2) is 5.30. The van der Waals surface area contributed by atoms with E-state index in [0.29, 0.717) is 16.8 Å². The van der Waals surface area contributed by atoms with E-state index in [1.807, 2.05) is 0 Å². The summed E-state index contributed by atoms with van der Waals surface area (Å²) in [6, 6.07) is 6.46. The Morgan fingerprint density at radius 3 is 2.50 bits per heavy atom. The first kappa shape index (κ1) is 14.6. The zero-order valence-corrected chi connectivity index (χ0v) is 12.6. The van der Waals surface area contributed by atoms with Crippen LogP contribution in [0.1, 0.15) is 11.1 Å². The molecule has 2 aromatic rings. The second-order valence-electron chi connectivity index (χ2n) is 4.41. The van der Waals surface area contributed by atoms with Gasteiger partial charge in [-0.1, -0.05) is 23.7 Å². The number of nitrogens with zero attached hydrogens (tertiary/aromatic N) is 1. The Hall–Kier alpha value is -1.79. The van der Waals surface area contributed by atoms with Crippen LogP contribution in [0.2, 0.25) is 5.15 Å². The van der Waals surface area contributed by atoms with Gasteiger partial charge in [0.15, 0.2) is 0 Å². The van der Waals surface area contributed by atoms with Gasteiger partial charge in [0.2, 0.25) is 0 Å². The maximum Gasteiger partial charge on any atom is 0.264 e. The van der Waals surface area contributed by atoms with Crippen LogP contribution < -0.4 is 10.5 Å². The van der Waals surface area contributed by atoms with E-state index in [0.717, 1.165) is 0 Å². The lowest BCUT2D eigenvalue weighted by Crippen LogP contribution is -2.17. The van der Waals surface area contributed by atoms with Crippen molar-refractivity contribution < 1.29 is 8.42 Å². The van der Waals surface area contributed by atoms with Gasteiger partial charge in [-0.15, -0.1) is 0 Å². The highest BCUT2D eigenvalue weighted by Crippen LogP contribution is 2.28. The third-order valence-electron chi connectivity index (χ3n) is 2.86. The first-order valence-electron chi connectivity index (χ1n) is 5.81. The van der Waals surface area contributed by atoms with E-state index in [4.69, 9.17) is 17.3 Å². The average Bonchev–Trinajstić information content (AvgIpc) is 2.33. The molecule has 20 heavy (non-hydrogen) atoms. The molecule has 0 amide bonds. The third-order valence-corrected chi connectivity index (χ3v) is 4.65. The summed E-state index contributed by atoms with van der Waals surface area (Å²) in [6.45, 7) is 3.46. The molecule has 0 saturated heterocycles. The van der Waals surface area contributed by atoms with Crippen LogP contribution in [0.15, 0.2) is 35.4 Å². The fourth-order valence-electron chi connectivity index (χ4n) is 1.84. The van der Waals surface area contributed by atoms with Crippen molar-refractivity contribution in [1.29, 1.82) is 0 Å². The minimum absolute atomic E-state index is 0.0884. The van der Waals surface area contributed by atoms with E-state index in [1.54, 1.807) is 26.0 Å². The Bertz CT molecular complexity index is 760. The van der Waals surface area contributed by atoms with Gasteiger partial charge in [0.05, 0.1) is 11.4 Å². The highest BCUT2D eigenvalue weighted by molar-refractivity contribution is 7.93. The quantitative estimate of drug-likeness (QED) is 0.674. The SMILES string of the molecule is Cc1ccc(C)c(S(=O)(=O)Nc2ccnc(Cl)c2)c1N. The molecule has 1 heterocycles. The van der Waals surface area contributed by atoms with Gasteiger partial charge in [-0.25, -0.2) is 13.4 Å². The van der Waals surface area contributed by atoms with Gasteiger partial charge in [-0.3, -0.25) is 4.72 Å². The Morgan fingerprint density at radius 1 is 1.20 bits per heavy atom. The number of aromatic nitrogens is 1. The van der Waals surface area contributed by atoms with Gasteiger partial charge < -0.3 is 5.73 Å². The summed E-state index contributed by atoms with van der Waals surface area (Å²) >= 11 is 5.74. The molecular formula is C13H14ClN3O2S. The maximum absolute atomic E-state index is 12.5. The van der Waals surface area contributed by atoms with Crippen LogP contribution in [0.3, 0.4) is 0 Å². The highest BCUT2D eigenvalue weighted by Gasteiger charge is 2.21. The van der Waals surface area contributed by atoms with E-state index in [1.165, 1.54) is 18.3 Å². The number of nitrogens with one attached hydrogen (secondary N) is 1. The van der Waals surface area contributed by atoms with Crippen molar-refractivity contribution in [3.05, 3.63) is 46.7 Å². The smallest absolute Gasteiger partial charge is 0.264 e. The number of rotatable bonds is 3. The van der Waals surface area contributed by atoms with Crippen molar-refractivity contribution in [3.63, 3.8) is 0 Å². The molecule has 0 bridgehead atoms. The predicted molar refractivity (Wildman–Crippen MR) is 80.4 cm³/mol. The zero-order chi connectivity index (χ0) is 14.9. The molecule has 0 atom stereocenters. The van der Waals surface area contributed by atoms with Crippen molar-refractivity contribution >= 4 is 33.0 Å². The van der Waals surface area contributed by atoms with Crippen molar-refractivity contribution in [2.45, 2.75) is 18.7 Å². The van der Waals surface area contributed by atoms with Gasteiger partial charge in [0.25, 0.3) is 10.0 Å². The van der Waals surface area contributed by atoms with Crippen LogP contribution >= 0.6 is 11.6 Å². The first-order chi connectivity index (χ1) is 9.31. The summed E-state index contributed by atoms with van der Waals surface area (Å²) in [5.74, 6) is 0. The Kier molecular flexibility index (Phi) is 3.87. The molecule has 3 N–H and O–H groups in total. The van der Waals surface area contributed by atoms with E-state index >= 15 is 0 Å². The summed E-state index contributed by atoms with van der Waals surface area (Å²) in [6.07, 6.45) is 1.42. The highest BCUT2D eigenvalue weighted by atomic mass is 35.5. The van der Waals surface area contributed by atoms with Crippen LogP contribution in [-0.4, -0.2) is 13.4 Å². The van der Waals surface area contributed by atoms with Crippen LogP contribution in [0.4, 0.5) is 11.4 Å². The number of sulfonamides is 1.